The number of rotatable bonds is 5. The van der Waals surface area contributed by atoms with Crippen LogP contribution < -0.4 is 9.47 Å². The van der Waals surface area contributed by atoms with Crippen LogP contribution in [0.3, 0.4) is 0 Å². The normalized spacial score (nSPS) is 15.6. The maximum atomic E-state index is 12.0. The summed E-state index contributed by atoms with van der Waals surface area (Å²) in [6.45, 7) is 0.594. The van der Waals surface area contributed by atoms with Gasteiger partial charge in [-0.05, 0) is 46.5 Å². The van der Waals surface area contributed by atoms with Crippen LogP contribution in [0.2, 0.25) is 0 Å². The molecule has 2 rings (SSSR count). The Bertz CT molecular complexity index is 416. The molecule has 0 amide bonds. The maximum absolute atomic E-state index is 12.0. The fourth-order valence-corrected chi connectivity index (χ4v) is 1.97. The molecule has 0 atom stereocenters. The summed E-state index contributed by atoms with van der Waals surface area (Å²) in [5, 5.41) is 0. The number of benzene rings is 1. The number of ether oxygens (including phenoxy) is 2. The molecule has 0 saturated heterocycles. The Morgan fingerprint density at radius 1 is 1.28 bits per heavy atom. The molecule has 0 N–H and O–H groups in total. The molecule has 1 aliphatic carbocycles. The van der Waals surface area contributed by atoms with Gasteiger partial charge in [0.1, 0.15) is 11.5 Å². The lowest BCUT2D eigenvalue weighted by molar-refractivity contribution is -0.274. The molecule has 0 heterocycles. The molecule has 100 valence electrons. The molecule has 1 aromatic rings. The van der Waals surface area contributed by atoms with Crippen molar-refractivity contribution in [2.24, 2.45) is 5.92 Å². The van der Waals surface area contributed by atoms with Crippen molar-refractivity contribution < 1.29 is 22.6 Å². The smallest absolute Gasteiger partial charge is 0.494 e. The molecule has 1 aliphatic rings. The van der Waals surface area contributed by atoms with E-state index in [1.54, 1.807) is 0 Å². The van der Waals surface area contributed by atoms with Crippen LogP contribution in [0.25, 0.3) is 0 Å². The van der Waals surface area contributed by atoms with E-state index < -0.39 is 6.36 Å². The number of alkyl halides is 3. The zero-order valence-corrected chi connectivity index (χ0v) is 11.1. The van der Waals surface area contributed by atoms with Crippen molar-refractivity contribution in [3.05, 3.63) is 22.7 Å². The molecule has 0 aliphatic heterocycles. The Kier molecular flexibility index (Phi) is 4.04. The van der Waals surface area contributed by atoms with Crippen molar-refractivity contribution in [2.45, 2.75) is 25.6 Å². The molecule has 6 heteroatoms. The molecule has 2 nitrogen and oxygen atoms in total. The lowest BCUT2D eigenvalue weighted by Crippen LogP contribution is -2.17. The fraction of sp³-hybridized carbons (Fsp3) is 0.500. The van der Waals surface area contributed by atoms with Crippen LogP contribution >= 0.6 is 15.9 Å². The highest BCUT2D eigenvalue weighted by atomic mass is 79.9. The van der Waals surface area contributed by atoms with Crippen LogP contribution in [0, 0.1) is 5.92 Å². The number of hydrogen-bond acceptors (Lipinski definition) is 2. The van der Waals surface area contributed by atoms with Gasteiger partial charge in [0.2, 0.25) is 0 Å². The SMILES string of the molecule is FC(F)(F)Oc1ccc(OCCC2CC2)cc1Br. The second kappa shape index (κ2) is 5.38. The van der Waals surface area contributed by atoms with Crippen LogP contribution in [0.1, 0.15) is 19.3 Å². The van der Waals surface area contributed by atoms with Crippen molar-refractivity contribution in [1.29, 1.82) is 0 Å². The van der Waals surface area contributed by atoms with Gasteiger partial charge >= 0.3 is 6.36 Å². The van der Waals surface area contributed by atoms with Crippen LogP contribution in [-0.4, -0.2) is 13.0 Å². The lowest BCUT2D eigenvalue weighted by atomic mass is 10.3. The second-order valence-electron chi connectivity index (χ2n) is 4.22. The summed E-state index contributed by atoms with van der Waals surface area (Å²) in [6, 6.07) is 4.19. The highest BCUT2D eigenvalue weighted by molar-refractivity contribution is 9.10. The molecule has 1 fully saturated rings. The first-order valence-corrected chi connectivity index (χ1v) is 6.41. The molecule has 1 saturated carbocycles. The molecule has 0 radical (unpaired) electrons. The van der Waals surface area contributed by atoms with E-state index in [2.05, 4.69) is 20.7 Å². The van der Waals surface area contributed by atoms with Gasteiger partial charge in [0.05, 0.1) is 11.1 Å². The van der Waals surface area contributed by atoms with Gasteiger partial charge < -0.3 is 9.47 Å². The van der Waals surface area contributed by atoms with Gasteiger partial charge in [0, 0.05) is 0 Å². The minimum absolute atomic E-state index is 0.226. The maximum Gasteiger partial charge on any atom is 0.573 e. The molecule has 18 heavy (non-hydrogen) atoms. The third kappa shape index (κ3) is 4.40. The first-order chi connectivity index (χ1) is 8.44. The molecule has 0 aromatic heterocycles. The van der Waals surface area contributed by atoms with Crippen molar-refractivity contribution in [3.8, 4) is 11.5 Å². The van der Waals surface area contributed by atoms with E-state index in [1.165, 1.54) is 31.0 Å². The zero-order chi connectivity index (χ0) is 13.2. The molecular weight excluding hydrogens is 313 g/mol. The van der Waals surface area contributed by atoms with Gasteiger partial charge in [-0.15, -0.1) is 13.2 Å². The van der Waals surface area contributed by atoms with E-state index in [4.69, 9.17) is 4.74 Å². The predicted molar refractivity (Wildman–Crippen MR) is 63.7 cm³/mol. The standard InChI is InChI=1S/C12H12BrF3O2/c13-10-7-9(17-6-5-8-1-2-8)3-4-11(10)18-12(14,15)16/h3-4,7-8H,1-2,5-6H2. The Morgan fingerprint density at radius 3 is 2.56 bits per heavy atom. The van der Waals surface area contributed by atoms with E-state index in [0.29, 0.717) is 12.4 Å². The van der Waals surface area contributed by atoms with Crippen molar-refractivity contribution in [2.75, 3.05) is 6.61 Å². The predicted octanol–water partition coefficient (Wildman–Crippen LogP) is 4.53. The van der Waals surface area contributed by atoms with E-state index in [9.17, 15) is 13.2 Å². The first kappa shape index (κ1) is 13.5. The van der Waals surface area contributed by atoms with Crippen molar-refractivity contribution in [3.63, 3.8) is 0 Å². The molecule has 0 bridgehead atoms. The quantitative estimate of drug-likeness (QED) is 0.792. The van der Waals surface area contributed by atoms with Crippen molar-refractivity contribution >= 4 is 15.9 Å². The van der Waals surface area contributed by atoms with Gasteiger partial charge in [-0.25, -0.2) is 0 Å². The average Bonchev–Trinajstić information content (AvgIpc) is 3.04. The van der Waals surface area contributed by atoms with Crippen LogP contribution in [0.5, 0.6) is 11.5 Å². The minimum atomic E-state index is -4.68. The van der Waals surface area contributed by atoms with Gasteiger partial charge in [0.15, 0.2) is 0 Å². The van der Waals surface area contributed by atoms with Gasteiger partial charge in [-0.3, -0.25) is 0 Å². The number of hydrogen-bond donors (Lipinski definition) is 0. The summed E-state index contributed by atoms with van der Waals surface area (Å²) < 4.78 is 45.7. The highest BCUT2D eigenvalue weighted by Crippen LogP contribution is 2.34. The third-order valence-electron chi connectivity index (χ3n) is 2.62. The van der Waals surface area contributed by atoms with E-state index in [-0.39, 0.29) is 10.2 Å². The molecule has 0 spiro atoms. The van der Waals surface area contributed by atoms with Gasteiger partial charge in [0.25, 0.3) is 0 Å². The van der Waals surface area contributed by atoms with E-state index in [0.717, 1.165) is 12.3 Å². The minimum Gasteiger partial charge on any atom is -0.494 e. The summed E-state index contributed by atoms with van der Waals surface area (Å²) in [4.78, 5) is 0. The molecule has 1 aromatic carbocycles. The summed E-state index contributed by atoms with van der Waals surface area (Å²) in [5.74, 6) is 1.04. The van der Waals surface area contributed by atoms with Crippen molar-refractivity contribution in [1.82, 2.24) is 0 Å². The Hall–Kier alpha value is -0.910. The van der Waals surface area contributed by atoms with Crippen LogP contribution in [0.4, 0.5) is 13.2 Å². The topological polar surface area (TPSA) is 18.5 Å². The summed E-state index contributed by atoms with van der Waals surface area (Å²) in [5.41, 5.74) is 0. The Balaban J connectivity index is 1.91. The van der Waals surface area contributed by atoms with E-state index in [1.807, 2.05) is 0 Å². The third-order valence-corrected chi connectivity index (χ3v) is 3.24. The van der Waals surface area contributed by atoms with Gasteiger partial charge in [-0.1, -0.05) is 12.8 Å². The monoisotopic (exact) mass is 324 g/mol. The second-order valence-corrected chi connectivity index (χ2v) is 5.07. The summed E-state index contributed by atoms with van der Waals surface area (Å²) in [7, 11) is 0. The largest absolute Gasteiger partial charge is 0.573 e. The van der Waals surface area contributed by atoms with Gasteiger partial charge in [-0.2, -0.15) is 0 Å². The lowest BCUT2D eigenvalue weighted by Gasteiger charge is -2.12. The first-order valence-electron chi connectivity index (χ1n) is 5.62. The molecular formula is C12H12BrF3O2. The Morgan fingerprint density at radius 2 is 2.00 bits per heavy atom. The Labute approximate surface area is 111 Å². The average molecular weight is 325 g/mol. The zero-order valence-electron chi connectivity index (χ0n) is 9.47. The summed E-state index contributed by atoms with van der Waals surface area (Å²) >= 11 is 3.03. The fourth-order valence-electron chi connectivity index (χ4n) is 1.53. The molecule has 0 unspecified atom stereocenters. The highest BCUT2D eigenvalue weighted by Gasteiger charge is 2.32. The summed E-state index contributed by atoms with van der Waals surface area (Å²) in [6.07, 6.45) is -1.17. The van der Waals surface area contributed by atoms with E-state index >= 15 is 0 Å². The van der Waals surface area contributed by atoms with Crippen LogP contribution in [-0.2, 0) is 0 Å². The number of halogens is 4. The van der Waals surface area contributed by atoms with Crippen LogP contribution in [0.15, 0.2) is 22.7 Å².